The van der Waals surface area contributed by atoms with Gasteiger partial charge in [-0.05, 0) is 42.0 Å². The predicted octanol–water partition coefficient (Wildman–Crippen LogP) is 3.68. The molecule has 0 unspecified atom stereocenters. The summed E-state index contributed by atoms with van der Waals surface area (Å²) in [4.78, 5) is 24.5. The van der Waals surface area contributed by atoms with Crippen molar-refractivity contribution < 1.29 is 4.79 Å². The first-order valence-electron chi connectivity index (χ1n) is 8.54. The van der Waals surface area contributed by atoms with Crippen LogP contribution in [0.3, 0.4) is 0 Å². The molecule has 1 aromatic carbocycles. The molecule has 1 aliphatic carbocycles. The molecule has 2 N–H and O–H groups in total. The smallest absolute Gasteiger partial charge is 0.286 e. The SMILES string of the molecule is O=C1N=C(N[C@@H]2C[C@H]2c2ccccc2)S/C1=C\c1c[nH]c2ncccc12. The van der Waals surface area contributed by atoms with Gasteiger partial charge in [0.25, 0.3) is 5.91 Å². The van der Waals surface area contributed by atoms with Crippen molar-refractivity contribution in [2.45, 2.75) is 18.4 Å². The third-order valence-corrected chi connectivity index (χ3v) is 5.63. The Morgan fingerprint density at radius 1 is 1.19 bits per heavy atom. The number of rotatable bonds is 3. The van der Waals surface area contributed by atoms with Crippen LogP contribution in [0.1, 0.15) is 23.5 Å². The number of amidine groups is 1. The Labute approximate surface area is 154 Å². The number of aliphatic imine (C=N–C) groups is 1. The topological polar surface area (TPSA) is 70.1 Å². The fourth-order valence-electron chi connectivity index (χ4n) is 3.29. The maximum Gasteiger partial charge on any atom is 0.286 e. The minimum Gasteiger partial charge on any atom is -0.361 e. The normalized spacial score (nSPS) is 23.5. The number of fused-ring (bicyclic) bond motifs is 1. The molecule has 128 valence electrons. The number of pyridine rings is 1. The van der Waals surface area contributed by atoms with Crippen LogP contribution in [0.2, 0.25) is 0 Å². The Morgan fingerprint density at radius 2 is 2.08 bits per heavy atom. The van der Waals surface area contributed by atoms with Crippen molar-refractivity contribution in [3.8, 4) is 0 Å². The molecule has 2 aromatic heterocycles. The van der Waals surface area contributed by atoms with E-state index >= 15 is 0 Å². The third kappa shape index (κ3) is 2.82. The van der Waals surface area contributed by atoms with Gasteiger partial charge in [-0.2, -0.15) is 4.99 Å². The van der Waals surface area contributed by atoms with Gasteiger partial charge in [-0.25, -0.2) is 4.98 Å². The minimum absolute atomic E-state index is 0.187. The van der Waals surface area contributed by atoms with Crippen molar-refractivity contribution >= 4 is 39.9 Å². The highest BCUT2D eigenvalue weighted by molar-refractivity contribution is 8.18. The Bertz CT molecular complexity index is 1050. The molecule has 2 aliphatic rings. The summed E-state index contributed by atoms with van der Waals surface area (Å²) in [6.07, 6.45) is 6.57. The van der Waals surface area contributed by atoms with Crippen LogP contribution in [0.25, 0.3) is 17.1 Å². The first kappa shape index (κ1) is 15.4. The molecule has 6 heteroatoms. The molecule has 26 heavy (non-hydrogen) atoms. The Morgan fingerprint density at radius 3 is 2.96 bits per heavy atom. The second-order valence-electron chi connectivity index (χ2n) is 6.48. The maximum atomic E-state index is 12.3. The van der Waals surface area contributed by atoms with Gasteiger partial charge in [-0.3, -0.25) is 4.79 Å². The Hall–Kier alpha value is -2.86. The van der Waals surface area contributed by atoms with Crippen molar-refractivity contribution in [3.05, 3.63) is 70.9 Å². The fourth-order valence-corrected chi connectivity index (χ4v) is 4.16. The Balaban J connectivity index is 1.29. The molecule has 1 amide bonds. The summed E-state index contributed by atoms with van der Waals surface area (Å²) >= 11 is 1.41. The molecule has 3 aromatic rings. The lowest BCUT2D eigenvalue weighted by Gasteiger charge is -2.04. The van der Waals surface area contributed by atoms with Gasteiger partial charge in [-0.15, -0.1) is 0 Å². The van der Waals surface area contributed by atoms with E-state index < -0.39 is 0 Å². The van der Waals surface area contributed by atoms with E-state index in [0.717, 1.165) is 23.0 Å². The number of hydrogen-bond acceptors (Lipinski definition) is 4. The lowest BCUT2D eigenvalue weighted by molar-refractivity contribution is -0.113. The summed E-state index contributed by atoms with van der Waals surface area (Å²) in [5, 5.41) is 5.11. The summed E-state index contributed by atoms with van der Waals surface area (Å²) in [7, 11) is 0. The number of aromatic amines is 1. The first-order valence-corrected chi connectivity index (χ1v) is 9.36. The van der Waals surface area contributed by atoms with Gasteiger partial charge in [0.05, 0.1) is 4.91 Å². The van der Waals surface area contributed by atoms with Gasteiger partial charge in [-0.1, -0.05) is 30.3 Å². The van der Waals surface area contributed by atoms with Crippen molar-refractivity contribution in [3.63, 3.8) is 0 Å². The molecule has 0 spiro atoms. The molecular weight excluding hydrogens is 344 g/mol. The van der Waals surface area contributed by atoms with E-state index in [1.54, 1.807) is 6.20 Å². The van der Waals surface area contributed by atoms with Gasteiger partial charge in [0.1, 0.15) is 5.65 Å². The Kier molecular flexibility index (Phi) is 3.64. The number of H-pyrrole nitrogens is 1. The van der Waals surface area contributed by atoms with Crippen molar-refractivity contribution in [1.82, 2.24) is 15.3 Å². The van der Waals surface area contributed by atoms with Crippen LogP contribution >= 0.6 is 11.8 Å². The molecule has 5 rings (SSSR count). The number of hydrogen-bond donors (Lipinski definition) is 2. The number of amides is 1. The van der Waals surface area contributed by atoms with Crippen LogP contribution in [-0.2, 0) is 4.79 Å². The number of thioether (sulfide) groups is 1. The average Bonchev–Trinajstić information content (AvgIpc) is 3.18. The maximum absolute atomic E-state index is 12.3. The highest BCUT2D eigenvalue weighted by Gasteiger charge is 2.40. The molecule has 0 saturated heterocycles. The molecule has 0 bridgehead atoms. The number of nitrogens with one attached hydrogen (secondary N) is 2. The van der Waals surface area contributed by atoms with Crippen molar-refractivity contribution in [2.75, 3.05) is 0 Å². The summed E-state index contributed by atoms with van der Waals surface area (Å²) < 4.78 is 0. The number of carbonyl (C=O) groups is 1. The fraction of sp³-hybridized carbons (Fsp3) is 0.150. The van der Waals surface area contributed by atoms with Gasteiger partial charge in [0, 0.05) is 35.3 Å². The number of aromatic nitrogens is 2. The van der Waals surface area contributed by atoms with E-state index in [1.165, 1.54) is 17.3 Å². The molecule has 1 saturated carbocycles. The van der Waals surface area contributed by atoms with E-state index in [2.05, 4.69) is 44.5 Å². The summed E-state index contributed by atoms with van der Waals surface area (Å²) in [6, 6.07) is 14.7. The zero-order valence-electron chi connectivity index (χ0n) is 13.8. The summed E-state index contributed by atoms with van der Waals surface area (Å²) in [5.41, 5.74) is 3.11. The zero-order chi connectivity index (χ0) is 17.5. The highest BCUT2D eigenvalue weighted by Crippen LogP contribution is 2.42. The molecule has 0 radical (unpaired) electrons. The van der Waals surface area contributed by atoms with E-state index in [4.69, 9.17) is 0 Å². The van der Waals surface area contributed by atoms with E-state index in [1.807, 2.05) is 30.5 Å². The molecular formula is C20H16N4OS. The highest BCUT2D eigenvalue weighted by atomic mass is 32.2. The quantitative estimate of drug-likeness (QED) is 0.699. The van der Waals surface area contributed by atoms with E-state index in [9.17, 15) is 4.79 Å². The predicted molar refractivity (Wildman–Crippen MR) is 105 cm³/mol. The summed E-state index contributed by atoms with van der Waals surface area (Å²) in [5.74, 6) is 0.315. The van der Waals surface area contributed by atoms with Crippen LogP contribution in [0, 0.1) is 0 Å². The largest absolute Gasteiger partial charge is 0.361 e. The molecule has 3 heterocycles. The van der Waals surface area contributed by atoms with Crippen LogP contribution in [0.5, 0.6) is 0 Å². The average molecular weight is 360 g/mol. The van der Waals surface area contributed by atoms with Crippen LogP contribution in [-0.4, -0.2) is 27.1 Å². The van der Waals surface area contributed by atoms with Crippen molar-refractivity contribution in [1.29, 1.82) is 0 Å². The molecule has 1 fully saturated rings. The lowest BCUT2D eigenvalue weighted by Crippen LogP contribution is -2.22. The molecule has 5 nitrogen and oxygen atoms in total. The first-order chi connectivity index (χ1) is 12.8. The second kappa shape index (κ2) is 6.14. The molecule has 1 aliphatic heterocycles. The third-order valence-electron chi connectivity index (χ3n) is 4.72. The van der Waals surface area contributed by atoms with E-state index in [0.29, 0.717) is 22.0 Å². The van der Waals surface area contributed by atoms with Gasteiger partial charge in [0.2, 0.25) is 0 Å². The molecule has 2 atom stereocenters. The number of nitrogens with zero attached hydrogens (tertiary/aromatic N) is 2. The van der Waals surface area contributed by atoms with Gasteiger partial charge < -0.3 is 10.3 Å². The van der Waals surface area contributed by atoms with Crippen molar-refractivity contribution in [2.24, 2.45) is 4.99 Å². The van der Waals surface area contributed by atoms with Gasteiger partial charge >= 0.3 is 0 Å². The standard InChI is InChI=1S/C20H16N4OS/c25-19-17(9-13-11-22-18-14(13)7-4-8-21-18)26-20(24-19)23-16-10-15(16)12-5-2-1-3-6-12/h1-9,11,15-16H,10H2,(H,21,22)(H,23,24,25)/b17-9-/t15-,16+/m0/s1. The number of carbonyl (C=O) groups excluding carboxylic acids is 1. The van der Waals surface area contributed by atoms with Crippen LogP contribution in [0.4, 0.5) is 0 Å². The monoisotopic (exact) mass is 360 g/mol. The van der Waals surface area contributed by atoms with Crippen LogP contribution in [0.15, 0.2) is 64.8 Å². The van der Waals surface area contributed by atoms with Gasteiger partial charge in [0.15, 0.2) is 5.17 Å². The minimum atomic E-state index is -0.187. The zero-order valence-corrected chi connectivity index (χ0v) is 14.7. The second-order valence-corrected chi connectivity index (χ2v) is 7.51. The summed E-state index contributed by atoms with van der Waals surface area (Å²) in [6.45, 7) is 0. The van der Waals surface area contributed by atoms with Crippen LogP contribution < -0.4 is 5.32 Å². The number of benzene rings is 1. The van der Waals surface area contributed by atoms with E-state index in [-0.39, 0.29) is 5.91 Å². The lowest BCUT2D eigenvalue weighted by atomic mass is 10.1.